The Morgan fingerprint density at radius 2 is 1.10 bits per heavy atom. The second kappa shape index (κ2) is 29.8. The van der Waals surface area contributed by atoms with Crippen molar-refractivity contribution in [3.63, 3.8) is 0 Å². The number of carbonyl (C=O) groups is 12. The zero-order valence-electron chi connectivity index (χ0n) is 39.2. The van der Waals surface area contributed by atoms with Crippen LogP contribution >= 0.6 is 12.6 Å². The molecule has 0 aliphatic heterocycles. The Labute approximate surface area is 408 Å². The van der Waals surface area contributed by atoms with Crippen molar-refractivity contribution in [1.29, 1.82) is 0 Å². The highest BCUT2D eigenvalue weighted by atomic mass is 32.1. The van der Waals surface area contributed by atoms with Gasteiger partial charge in [0, 0.05) is 56.5 Å². The number of carbonyl (C=O) groups excluding carboxylic acids is 7. The van der Waals surface area contributed by atoms with Crippen LogP contribution in [0, 0.1) is 5.41 Å². The van der Waals surface area contributed by atoms with Gasteiger partial charge in [0.1, 0.15) is 36.3 Å². The predicted octanol–water partition coefficient (Wildman–Crippen LogP) is -1.94. The minimum absolute atomic E-state index is 0.0734. The van der Waals surface area contributed by atoms with Gasteiger partial charge in [-0.25, -0.2) is 19.2 Å². The van der Waals surface area contributed by atoms with Gasteiger partial charge in [0.25, 0.3) is 0 Å². The minimum atomic E-state index is -1.63. The van der Waals surface area contributed by atoms with Gasteiger partial charge in [-0.3, -0.25) is 38.4 Å². The van der Waals surface area contributed by atoms with Crippen molar-refractivity contribution in [2.24, 2.45) is 11.1 Å². The van der Waals surface area contributed by atoms with E-state index in [1.165, 1.54) is 0 Å². The standard InChI is InChI=1S/C43H65N9O17S/c1-42(2,22-43(3,4)52-31(54)14-11-26(39(65)66)50-41(69)51-27(40(67)68)12-15-33(56)57)20-32(55)47-28(18-23-8-6-5-7-9-23)37(62)48-25(38(63)64)10-13-30(53)46-21-24(44)35(60)49-29(19-34(58)59)36(61)45-16-17-70/h5-9,24-29,70H,10-22,44H2,1-4H3,(H,45,61)(H,46,53)(H,47,55)(H,48,62)(H,49,60)(H,52,54)(H,56,57)(H,58,59)(H,63,64)(H,65,66)(H,67,68)(H2,50,51,69). The van der Waals surface area contributed by atoms with Gasteiger partial charge in [0.15, 0.2) is 0 Å². The third-order valence-electron chi connectivity index (χ3n) is 10.0. The largest absolute Gasteiger partial charge is 0.481 e. The van der Waals surface area contributed by atoms with Crippen LogP contribution < -0.4 is 48.3 Å². The van der Waals surface area contributed by atoms with Crippen molar-refractivity contribution in [2.75, 3.05) is 18.8 Å². The summed E-state index contributed by atoms with van der Waals surface area (Å²) in [5.74, 6) is -11.7. The van der Waals surface area contributed by atoms with E-state index < -0.39 is 170 Å². The van der Waals surface area contributed by atoms with E-state index in [1.807, 2.05) is 5.32 Å². The maximum Gasteiger partial charge on any atom is 0.326 e. The van der Waals surface area contributed by atoms with Crippen molar-refractivity contribution in [3.8, 4) is 0 Å². The van der Waals surface area contributed by atoms with Gasteiger partial charge >= 0.3 is 35.9 Å². The van der Waals surface area contributed by atoms with Gasteiger partial charge < -0.3 is 73.8 Å². The van der Waals surface area contributed by atoms with Crippen molar-refractivity contribution in [1.82, 2.24) is 42.5 Å². The molecular weight excluding hydrogens is 947 g/mol. The number of nitrogens with one attached hydrogen (secondary N) is 8. The summed E-state index contributed by atoms with van der Waals surface area (Å²) in [5.41, 5.74) is 4.55. The first-order chi connectivity index (χ1) is 32.5. The van der Waals surface area contributed by atoms with Crippen LogP contribution in [-0.4, -0.2) is 157 Å². The van der Waals surface area contributed by atoms with Gasteiger partial charge in [-0.1, -0.05) is 44.2 Å². The number of carboxylic acid groups (broad SMARTS) is 5. The van der Waals surface area contributed by atoms with E-state index in [9.17, 15) is 72.9 Å². The second-order valence-electron chi connectivity index (χ2n) is 17.7. The molecule has 390 valence electrons. The Balaban J connectivity index is 2.93. The molecule has 26 nitrogen and oxygen atoms in total. The third kappa shape index (κ3) is 25.4. The molecule has 0 heterocycles. The molecule has 8 amide bonds. The average Bonchev–Trinajstić information content (AvgIpc) is 3.24. The van der Waals surface area contributed by atoms with Gasteiger partial charge in [-0.2, -0.15) is 12.6 Å². The van der Waals surface area contributed by atoms with E-state index in [0.29, 0.717) is 5.56 Å². The van der Waals surface area contributed by atoms with Crippen molar-refractivity contribution in [3.05, 3.63) is 35.9 Å². The molecule has 1 aromatic rings. The van der Waals surface area contributed by atoms with Crippen LogP contribution in [0.25, 0.3) is 0 Å². The van der Waals surface area contributed by atoms with Crippen LogP contribution in [0.5, 0.6) is 0 Å². The molecule has 1 aromatic carbocycles. The number of hydrogen-bond acceptors (Lipinski definition) is 14. The smallest absolute Gasteiger partial charge is 0.326 e. The second-order valence-corrected chi connectivity index (χ2v) is 18.1. The lowest BCUT2D eigenvalue weighted by atomic mass is 9.77. The lowest BCUT2D eigenvalue weighted by Gasteiger charge is -2.36. The van der Waals surface area contributed by atoms with E-state index in [1.54, 1.807) is 58.0 Å². The Morgan fingerprint density at radius 1 is 0.586 bits per heavy atom. The van der Waals surface area contributed by atoms with E-state index >= 15 is 0 Å². The molecular formula is C43H65N9O17S. The summed E-state index contributed by atoms with van der Waals surface area (Å²) in [6.45, 7) is 6.33. The van der Waals surface area contributed by atoms with Crippen LogP contribution in [0.4, 0.5) is 4.79 Å². The molecule has 0 spiro atoms. The van der Waals surface area contributed by atoms with E-state index in [4.69, 9.17) is 15.9 Å². The van der Waals surface area contributed by atoms with E-state index in [-0.39, 0.29) is 31.6 Å². The maximum absolute atomic E-state index is 13.7. The molecule has 0 fully saturated rings. The van der Waals surface area contributed by atoms with Crippen LogP contribution in [0.15, 0.2) is 30.3 Å². The fourth-order valence-electron chi connectivity index (χ4n) is 7.07. The van der Waals surface area contributed by atoms with Crippen molar-refractivity contribution >= 4 is 83.9 Å². The Morgan fingerprint density at radius 3 is 1.61 bits per heavy atom. The minimum Gasteiger partial charge on any atom is -0.481 e. The number of thiol groups is 1. The zero-order chi connectivity index (χ0) is 53.4. The summed E-state index contributed by atoms with van der Waals surface area (Å²) in [7, 11) is 0. The maximum atomic E-state index is 13.7. The summed E-state index contributed by atoms with van der Waals surface area (Å²) in [6.07, 6.45) is -3.67. The number of hydrogen-bond donors (Lipinski definition) is 15. The SMILES string of the molecule is CC(C)(CC(=O)NC(Cc1ccccc1)C(=O)NC(CCC(=O)NCC(N)C(=O)NC(CC(=O)O)C(=O)NCCS)C(=O)O)CC(C)(C)NC(=O)CCC(NC(=O)NC(CCC(=O)O)C(=O)O)C(=O)O. The fraction of sp³-hybridized carbons (Fsp3) is 0.581. The molecule has 0 aliphatic carbocycles. The molecule has 27 heteroatoms. The highest BCUT2D eigenvalue weighted by Gasteiger charge is 2.35. The summed E-state index contributed by atoms with van der Waals surface area (Å²) in [4.78, 5) is 148. The Kier molecular flexibility index (Phi) is 25.9. The van der Waals surface area contributed by atoms with Crippen molar-refractivity contribution in [2.45, 2.75) is 134 Å². The number of amides is 8. The molecule has 0 radical (unpaired) electrons. The molecule has 0 bridgehead atoms. The highest BCUT2D eigenvalue weighted by molar-refractivity contribution is 7.80. The number of urea groups is 1. The fourth-order valence-corrected chi connectivity index (χ4v) is 7.19. The summed E-state index contributed by atoms with van der Waals surface area (Å²) in [6, 6.07) is -1.85. The predicted molar refractivity (Wildman–Crippen MR) is 249 cm³/mol. The molecule has 0 aromatic heterocycles. The molecule has 70 heavy (non-hydrogen) atoms. The highest BCUT2D eigenvalue weighted by Crippen LogP contribution is 2.31. The summed E-state index contributed by atoms with van der Waals surface area (Å²) in [5, 5.41) is 65.6. The van der Waals surface area contributed by atoms with Crippen LogP contribution in [0.1, 0.15) is 91.0 Å². The molecule has 0 aliphatic rings. The lowest BCUT2D eigenvalue weighted by Crippen LogP contribution is -2.55. The number of benzene rings is 1. The quantitative estimate of drug-likeness (QED) is 0.0341. The average molecular weight is 1010 g/mol. The van der Waals surface area contributed by atoms with Gasteiger partial charge in [-0.05, 0) is 50.5 Å². The molecule has 1 rings (SSSR count). The molecule has 0 saturated heterocycles. The van der Waals surface area contributed by atoms with Gasteiger partial charge in [0.05, 0.1) is 6.42 Å². The Bertz CT molecular complexity index is 2040. The Hall–Kier alpha value is -7.03. The normalized spacial score (nSPS) is 13.8. The zero-order valence-corrected chi connectivity index (χ0v) is 40.1. The van der Waals surface area contributed by atoms with E-state index in [0.717, 1.165) is 0 Å². The first-order valence-electron chi connectivity index (χ1n) is 21.9. The molecule has 0 saturated carbocycles. The first-order valence-corrected chi connectivity index (χ1v) is 22.5. The van der Waals surface area contributed by atoms with Crippen LogP contribution in [-0.2, 0) is 59.2 Å². The van der Waals surface area contributed by atoms with Crippen molar-refractivity contribution < 1.29 is 83.1 Å². The monoisotopic (exact) mass is 1010 g/mol. The molecule has 15 N–H and O–H groups in total. The summed E-state index contributed by atoms with van der Waals surface area (Å²) < 4.78 is 0. The lowest BCUT2D eigenvalue weighted by molar-refractivity contribution is -0.143. The number of aliphatic carboxylic acids is 5. The summed E-state index contributed by atoms with van der Waals surface area (Å²) >= 11 is 3.95. The third-order valence-corrected chi connectivity index (χ3v) is 10.3. The van der Waals surface area contributed by atoms with Crippen LogP contribution in [0.3, 0.4) is 0 Å². The molecule has 6 unspecified atom stereocenters. The number of carboxylic acids is 5. The topological polar surface area (TPSA) is 428 Å². The number of nitrogens with two attached hydrogens (primary N) is 1. The van der Waals surface area contributed by atoms with E-state index in [2.05, 4.69) is 49.8 Å². The number of rotatable bonds is 33. The van der Waals surface area contributed by atoms with Crippen LogP contribution in [0.2, 0.25) is 0 Å². The van der Waals surface area contributed by atoms with Gasteiger partial charge in [-0.15, -0.1) is 0 Å². The molecule has 6 atom stereocenters. The first kappa shape index (κ1) is 61.0. The van der Waals surface area contributed by atoms with Gasteiger partial charge in [0.2, 0.25) is 35.4 Å².